The number of unbranched alkanes of at least 4 members (excludes halogenated alkanes) is 4. The van der Waals surface area contributed by atoms with Gasteiger partial charge in [0, 0.05) is 6.04 Å². The van der Waals surface area contributed by atoms with Crippen LogP contribution in [-0.4, -0.2) is 37.6 Å². The lowest BCUT2D eigenvalue weighted by atomic mass is 9.93. The molecule has 0 aromatic rings. The summed E-state index contributed by atoms with van der Waals surface area (Å²) in [6.45, 7) is 8.47. The maximum Gasteiger partial charge on any atom is 0.00670 e. The number of hydrogen-bond acceptors (Lipinski definition) is 2. The van der Waals surface area contributed by atoms with Gasteiger partial charge in [-0.15, -0.1) is 0 Å². The zero-order valence-corrected chi connectivity index (χ0v) is 15.0. The highest BCUT2D eigenvalue weighted by Gasteiger charge is 2.16. The van der Waals surface area contributed by atoms with E-state index in [1.54, 1.807) is 0 Å². The minimum atomic E-state index is 0.786. The molecule has 0 spiro atoms. The third-order valence-corrected chi connectivity index (χ3v) is 5.14. The smallest absolute Gasteiger partial charge is 0.00670 e. The van der Waals surface area contributed by atoms with E-state index in [1.165, 1.54) is 90.3 Å². The van der Waals surface area contributed by atoms with Gasteiger partial charge in [0.1, 0.15) is 0 Å². The number of likely N-dealkylation sites (tertiary alicyclic amines) is 1. The Morgan fingerprint density at radius 1 is 0.952 bits per heavy atom. The van der Waals surface area contributed by atoms with Crippen LogP contribution in [0.15, 0.2) is 0 Å². The van der Waals surface area contributed by atoms with Gasteiger partial charge in [0.2, 0.25) is 0 Å². The van der Waals surface area contributed by atoms with Crippen molar-refractivity contribution in [2.75, 3.05) is 26.7 Å². The van der Waals surface area contributed by atoms with Gasteiger partial charge in [-0.1, -0.05) is 52.4 Å². The van der Waals surface area contributed by atoms with Crippen LogP contribution in [0.2, 0.25) is 0 Å². The Kier molecular flexibility index (Phi) is 11.3. The van der Waals surface area contributed by atoms with Crippen molar-refractivity contribution in [3.8, 4) is 0 Å². The van der Waals surface area contributed by atoms with Crippen LogP contribution in [0.3, 0.4) is 0 Å². The Morgan fingerprint density at radius 2 is 1.52 bits per heavy atom. The number of nitrogens with one attached hydrogen (secondary N) is 1. The summed E-state index contributed by atoms with van der Waals surface area (Å²) in [4.78, 5) is 2.47. The maximum absolute atomic E-state index is 3.88. The van der Waals surface area contributed by atoms with E-state index in [4.69, 9.17) is 0 Å². The minimum Gasteiger partial charge on any atom is -0.314 e. The number of nitrogens with zero attached hydrogens (tertiary/aromatic N) is 1. The molecule has 126 valence electrons. The van der Waals surface area contributed by atoms with Gasteiger partial charge in [-0.3, -0.25) is 0 Å². The molecule has 0 bridgehead atoms. The quantitative estimate of drug-likeness (QED) is 0.519. The molecule has 0 amide bonds. The second kappa shape index (κ2) is 12.5. The topological polar surface area (TPSA) is 15.3 Å². The highest BCUT2D eigenvalue weighted by Crippen LogP contribution is 2.19. The fourth-order valence-electron chi connectivity index (χ4n) is 3.47. The lowest BCUT2D eigenvalue weighted by molar-refractivity contribution is 0.210. The third-order valence-electron chi connectivity index (χ3n) is 5.14. The van der Waals surface area contributed by atoms with E-state index >= 15 is 0 Å². The van der Waals surface area contributed by atoms with Crippen molar-refractivity contribution in [2.45, 2.75) is 90.5 Å². The minimum absolute atomic E-state index is 0.786. The SMILES string of the molecule is CCCCCC(CCCCC)NCCC1CCN(C)CC1. The number of piperidine rings is 1. The molecule has 1 aliphatic rings. The fourth-order valence-corrected chi connectivity index (χ4v) is 3.47. The molecule has 2 heteroatoms. The zero-order chi connectivity index (χ0) is 15.3. The second-order valence-corrected chi connectivity index (χ2v) is 7.18. The molecule has 0 atom stereocenters. The van der Waals surface area contributed by atoms with Gasteiger partial charge in [0.05, 0.1) is 0 Å². The van der Waals surface area contributed by atoms with Crippen molar-refractivity contribution in [3.05, 3.63) is 0 Å². The van der Waals surface area contributed by atoms with E-state index in [1.807, 2.05) is 0 Å². The van der Waals surface area contributed by atoms with Gasteiger partial charge in [-0.2, -0.15) is 0 Å². The molecule has 1 saturated heterocycles. The first-order valence-corrected chi connectivity index (χ1v) is 9.68. The van der Waals surface area contributed by atoms with Crippen LogP contribution >= 0.6 is 0 Å². The summed E-state index contributed by atoms with van der Waals surface area (Å²) < 4.78 is 0. The molecule has 2 nitrogen and oxygen atoms in total. The van der Waals surface area contributed by atoms with E-state index < -0.39 is 0 Å². The monoisotopic (exact) mass is 296 g/mol. The first-order chi connectivity index (χ1) is 10.3. The van der Waals surface area contributed by atoms with Crippen LogP contribution in [0.1, 0.15) is 84.5 Å². The highest BCUT2D eigenvalue weighted by molar-refractivity contribution is 4.73. The molecular weight excluding hydrogens is 256 g/mol. The average Bonchev–Trinajstić information content (AvgIpc) is 2.49. The lowest BCUT2D eigenvalue weighted by Crippen LogP contribution is -2.34. The molecule has 1 heterocycles. The Hall–Kier alpha value is -0.0800. The molecule has 1 N–H and O–H groups in total. The van der Waals surface area contributed by atoms with Crippen molar-refractivity contribution in [1.29, 1.82) is 0 Å². The van der Waals surface area contributed by atoms with Gasteiger partial charge < -0.3 is 10.2 Å². The average molecular weight is 297 g/mol. The summed E-state index contributed by atoms with van der Waals surface area (Å²) in [6.07, 6.45) is 15.3. The van der Waals surface area contributed by atoms with Crippen LogP contribution in [-0.2, 0) is 0 Å². The van der Waals surface area contributed by atoms with Crippen molar-refractivity contribution in [1.82, 2.24) is 10.2 Å². The van der Waals surface area contributed by atoms with Crippen molar-refractivity contribution >= 4 is 0 Å². The van der Waals surface area contributed by atoms with Crippen LogP contribution in [0.4, 0.5) is 0 Å². The van der Waals surface area contributed by atoms with Crippen LogP contribution in [0, 0.1) is 5.92 Å². The molecule has 0 aliphatic carbocycles. The molecule has 1 fully saturated rings. The molecule has 0 saturated carbocycles. The zero-order valence-electron chi connectivity index (χ0n) is 15.0. The highest BCUT2D eigenvalue weighted by atomic mass is 15.1. The van der Waals surface area contributed by atoms with Crippen LogP contribution in [0.5, 0.6) is 0 Å². The summed E-state index contributed by atoms with van der Waals surface area (Å²) in [5.74, 6) is 0.973. The van der Waals surface area contributed by atoms with Crippen molar-refractivity contribution < 1.29 is 0 Å². The normalized spacial score (nSPS) is 17.7. The molecular formula is C19H40N2. The second-order valence-electron chi connectivity index (χ2n) is 7.18. The Balaban J connectivity index is 2.14. The molecule has 0 aromatic carbocycles. The summed E-state index contributed by atoms with van der Waals surface area (Å²) >= 11 is 0. The van der Waals surface area contributed by atoms with E-state index in [2.05, 4.69) is 31.1 Å². The van der Waals surface area contributed by atoms with E-state index in [-0.39, 0.29) is 0 Å². The molecule has 1 aliphatic heterocycles. The van der Waals surface area contributed by atoms with E-state index in [0.29, 0.717) is 0 Å². The Morgan fingerprint density at radius 3 is 2.05 bits per heavy atom. The Bertz CT molecular complexity index is 212. The van der Waals surface area contributed by atoms with E-state index in [9.17, 15) is 0 Å². The third kappa shape index (κ3) is 9.52. The summed E-state index contributed by atoms with van der Waals surface area (Å²) in [7, 11) is 2.26. The van der Waals surface area contributed by atoms with Gasteiger partial charge >= 0.3 is 0 Å². The standard InChI is InChI=1S/C19H40N2/c1-4-6-8-10-19(11-9-7-5-2)20-15-12-18-13-16-21(3)17-14-18/h18-20H,4-17H2,1-3H3. The van der Waals surface area contributed by atoms with Gasteiger partial charge in [0.25, 0.3) is 0 Å². The number of hydrogen-bond donors (Lipinski definition) is 1. The summed E-state index contributed by atoms with van der Waals surface area (Å²) in [5.41, 5.74) is 0. The predicted molar refractivity (Wildman–Crippen MR) is 94.9 cm³/mol. The maximum atomic E-state index is 3.88. The summed E-state index contributed by atoms with van der Waals surface area (Å²) in [5, 5.41) is 3.88. The van der Waals surface area contributed by atoms with Gasteiger partial charge in [0.15, 0.2) is 0 Å². The first-order valence-electron chi connectivity index (χ1n) is 9.68. The largest absolute Gasteiger partial charge is 0.314 e. The molecule has 0 unspecified atom stereocenters. The predicted octanol–water partition coefficient (Wildman–Crippen LogP) is 4.84. The van der Waals surface area contributed by atoms with Gasteiger partial charge in [-0.25, -0.2) is 0 Å². The van der Waals surface area contributed by atoms with Crippen molar-refractivity contribution in [3.63, 3.8) is 0 Å². The van der Waals surface area contributed by atoms with Crippen LogP contribution < -0.4 is 5.32 Å². The molecule has 1 rings (SSSR count). The van der Waals surface area contributed by atoms with Crippen LogP contribution in [0.25, 0.3) is 0 Å². The summed E-state index contributed by atoms with van der Waals surface area (Å²) in [6, 6.07) is 0.786. The van der Waals surface area contributed by atoms with Crippen molar-refractivity contribution in [2.24, 2.45) is 5.92 Å². The Labute approximate surface area is 134 Å². The van der Waals surface area contributed by atoms with Gasteiger partial charge in [-0.05, 0) is 64.7 Å². The lowest BCUT2D eigenvalue weighted by Gasteiger charge is -2.29. The number of rotatable bonds is 12. The van der Waals surface area contributed by atoms with E-state index in [0.717, 1.165) is 12.0 Å². The first kappa shape index (κ1) is 19.0. The molecule has 0 radical (unpaired) electrons. The molecule has 21 heavy (non-hydrogen) atoms. The fraction of sp³-hybridized carbons (Fsp3) is 1.00. The molecule has 0 aromatic heterocycles.